The number of anilines is 1. The van der Waals surface area contributed by atoms with Crippen molar-refractivity contribution >= 4 is 40.2 Å². The number of ether oxygens (including phenoxy) is 1. The van der Waals surface area contributed by atoms with E-state index < -0.39 is 5.97 Å². The lowest BCUT2D eigenvalue weighted by atomic mass is 9.76. The number of ketones is 1. The summed E-state index contributed by atoms with van der Waals surface area (Å²) in [4.78, 5) is 58.4. The Kier molecular flexibility index (Phi) is 7.19. The molecule has 1 aliphatic heterocycles. The molecule has 2 heterocycles. The van der Waals surface area contributed by atoms with Crippen molar-refractivity contribution in [2.24, 2.45) is 17.8 Å². The fourth-order valence-electron chi connectivity index (χ4n) is 6.11. The second kappa shape index (κ2) is 11.0. The highest BCUT2D eigenvalue weighted by Gasteiger charge is 2.49. The number of aryl methyl sites for hydroxylation is 2. The van der Waals surface area contributed by atoms with Crippen LogP contribution >= 0.6 is 0 Å². The van der Waals surface area contributed by atoms with Gasteiger partial charge in [-0.05, 0) is 69.4 Å². The predicted octanol–water partition coefficient (Wildman–Crippen LogP) is 6.48. The lowest BCUT2D eigenvalue weighted by Crippen LogP contribution is -2.30. The van der Waals surface area contributed by atoms with Gasteiger partial charge in [-0.15, -0.1) is 0 Å². The van der Waals surface area contributed by atoms with Crippen LogP contribution in [-0.2, 0) is 14.3 Å². The van der Waals surface area contributed by atoms with Gasteiger partial charge < -0.3 is 4.74 Å². The second-order valence-electron chi connectivity index (χ2n) is 11.6. The number of imide groups is 1. The van der Waals surface area contributed by atoms with E-state index in [2.05, 4.69) is 6.92 Å². The maximum atomic E-state index is 13.3. The van der Waals surface area contributed by atoms with Crippen LogP contribution in [0.1, 0.15) is 58.0 Å². The molecule has 2 aliphatic rings. The molecule has 0 unspecified atom stereocenters. The molecular formula is C35H32N2O5. The maximum absolute atomic E-state index is 13.3. The van der Waals surface area contributed by atoms with Crippen molar-refractivity contribution in [3.05, 3.63) is 95.1 Å². The minimum atomic E-state index is -0.614. The van der Waals surface area contributed by atoms with Crippen LogP contribution < -0.4 is 4.90 Å². The molecule has 1 aliphatic carbocycles. The topological polar surface area (TPSA) is 93.6 Å². The third kappa shape index (κ3) is 5.11. The van der Waals surface area contributed by atoms with E-state index in [9.17, 15) is 19.2 Å². The van der Waals surface area contributed by atoms with E-state index in [-0.39, 0.29) is 36.0 Å². The molecule has 4 aromatic rings. The van der Waals surface area contributed by atoms with Gasteiger partial charge in [-0.2, -0.15) is 0 Å². The van der Waals surface area contributed by atoms with E-state index in [1.54, 1.807) is 42.5 Å². The van der Waals surface area contributed by atoms with Crippen molar-refractivity contribution in [1.29, 1.82) is 0 Å². The molecule has 2 fully saturated rings. The number of aromatic nitrogens is 1. The van der Waals surface area contributed by atoms with Gasteiger partial charge in [-0.1, -0.05) is 60.5 Å². The van der Waals surface area contributed by atoms with Gasteiger partial charge in [0.2, 0.25) is 11.8 Å². The smallest absolute Gasteiger partial charge is 0.339 e. The highest BCUT2D eigenvalue weighted by atomic mass is 16.5. The largest absolute Gasteiger partial charge is 0.454 e. The lowest BCUT2D eigenvalue weighted by molar-refractivity contribution is -0.122. The van der Waals surface area contributed by atoms with Crippen molar-refractivity contribution < 1.29 is 23.9 Å². The normalized spacial score (nSPS) is 20.1. The number of fused-ring (bicyclic) bond motifs is 2. The minimum Gasteiger partial charge on any atom is -0.454 e. The molecule has 3 atom stereocenters. The Morgan fingerprint density at radius 1 is 0.857 bits per heavy atom. The average molecular weight is 561 g/mol. The lowest BCUT2D eigenvalue weighted by Gasteiger charge is -2.25. The Labute approximate surface area is 244 Å². The standard InChI is InChI=1S/C35H32N2O5/c1-20-4-8-24(9-5-20)32(38)19-42-35(41)29-18-31(36-30-15-7-22(3)16-27(29)30)23-10-12-25(13-11-23)37-33(39)26-14-6-21(2)17-28(26)34(37)40/h4-5,7-13,15-16,18,21,26,28H,6,14,17,19H2,1-3H3/t21-,26-,28-/m1/s1. The first-order valence-corrected chi connectivity index (χ1v) is 14.4. The Balaban J connectivity index is 1.27. The van der Waals surface area contributed by atoms with Gasteiger partial charge in [0.15, 0.2) is 12.4 Å². The number of rotatable bonds is 6. The number of pyridine rings is 1. The molecule has 1 saturated heterocycles. The minimum absolute atomic E-state index is 0.117. The van der Waals surface area contributed by atoms with Crippen LogP contribution in [0, 0.1) is 31.6 Å². The Morgan fingerprint density at radius 2 is 1.55 bits per heavy atom. The third-order valence-electron chi connectivity index (χ3n) is 8.50. The van der Waals surface area contributed by atoms with E-state index in [1.807, 2.05) is 44.2 Å². The number of Topliss-reactive ketones (excluding diaryl/α,β-unsaturated/α-hetero) is 1. The molecule has 1 saturated carbocycles. The first-order chi connectivity index (χ1) is 20.2. The zero-order valence-corrected chi connectivity index (χ0v) is 23.9. The molecule has 1 aromatic heterocycles. The Hall–Kier alpha value is -4.65. The summed E-state index contributed by atoms with van der Waals surface area (Å²) < 4.78 is 5.48. The number of benzene rings is 3. The van der Waals surface area contributed by atoms with Gasteiger partial charge in [0.05, 0.1) is 34.3 Å². The Bertz CT molecular complexity index is 1730. The third-order valence-corrected chi connectivity index (χ3v) is 8.50. The number of carbonyl (C=O) groups excluding carboxylic acids is 4. The van der Waals surface area contributed by atoms with Gasteiger partial charge >= 0.3 is 5.97 Å². The first-order valence-electron chi connectivity index (χ1n) is 14.4. The highest BCUT2D eigenvalue weighted by Crippen LogP contribution is 2.42. The monoisotopic (exact) mass is 560 g/mol. The molecule has 0 spiro atoms. The molecule has 0 bridgehead atoms. The van der Waals surface area contributed by atoms with Crippen molar-refractivity contribution in [2.75, 3.05) is 11.5 Å². The number of hydrogen-bond acceptors (Lipinski definition) is 6. The van der Waals surface area contributed by atoms with Crippen LogP contribution in [0.4, 0.5) is 5.69 Å². The molecule has 42 heavy (non-hydrogen) atoms. The molecule has 0 radical (unpaired) electrons. The van der Waals surface area contributed by atoms with Crippen LogP contribution in [0.5, 0.6) is 0 Å². The van der Waals surface area contributed by atoms with Crippen molar-refractivity contribution in [2.45, 2.75) is 40.0 Å². The fourth-order valence-corrected chi connectivity index (χ4v) is 6.11. The zero-order valence-electron chi connectivity index (χ0n) is 23.9. The van der Waals surface area contributed by atoms with Gasteiger partial charge in [0.1, 0.15) is 0 Å². The van der Waals surface area contributed by atoms with Crippen LogP contribution in [0.15, 0.2) is 72.8 Å². The molecule has 0 N–H and O–H groups in total. The SMILES string of the molecule is Cc1ccc(C(=O)COC(=O)c2cc(-c3ccc(N4C(=O)[C@@H]5CC[C@@H](C)C[C@H]5C4=O)cc3)nc3ccc(C)cc23)cc1. The van der Waals surface area contributed by atoms with Crippen LogP contribution in [0.3, 0.4) is 0 Å². The average Bonchev–Trinajstić information content (AvgIpc) is 3.24. The summed E-state index contributed by atoms with van der Waals surface area (Å²) in [6, 6.07) is 21.5. The summed E-state index contributed by atoms with van der Waals surface area (Å²) in [7, 11) is 0. The van der Waals surface area contributed by atoms with Gasteiger partial charge in [0, 0.05) is 16.5 Å². The predicted molar refractivity (Wildman–Crippen MR) is 160 cm³/mol. The summed E-state index contributed by atoms with van der Waals surface area (Å²) in [5.41, 5.74) is 5.20. The van der Waals surface area contributed by atoms with Gasteiger partial charge in [-0.3, -0.25) is 19.3 Å². The maximum Gasteiger partial charge on any atom is 0.339 e. The van der Waals surface area contributed by atoms with Crippen LogP contribution in [-0.4, -0.2) is 35.2 Å². The number of amides is 2. The summed E-state index contributed by atoms with van der Waals surface area (Å²) in [5.74, 6) is -1.16. The number of hydrogen-bond donors (Lipinski definition) is 0. The molecule has 6 rings (SSSR count). The van der Waals surface area contributed by atoms with Crippen LogP contribution in [0.2, 0.25) is 0 Å². The van der Waals surface area contributed by atoms with Crippen molar-refractivity contribution in [3.63, 3.8) is 0 Å². The molecular weight excluding hydrogens is 528 g/mol. The van der Waals surface area contributed by atoms with E-state index in [4.69, 9.17) is 9.72 Å². The number of esters is 1. The molecule has 7 nitrogen and oxygen atoms in total. The quantitative estimate of drug-likeness (QED) is 0.152. The van der Waals surface area contributed by atoms with E-state index in [1.165, 1.54) is 4.90 Å². The van der Waals surface area contributed by atoms with Crippen molar-refractivity contribution in [1.82, 2.24) is 4.98 Å². The van der Waals surface area contributed by atoms with Gasteiger partial charge in [0.25, 0.3) is 0 Å². The summed E-state index contributed by atoms with van der Waals surface area (Å²) in [5, 5.41) is 0.633. The summed E-state index contributed by atoms with van der Waals surface area (Å²) >= 11 is 0. The molecule has 212 valence electrons. The summed E-state index contributed by atoms with van der Waals surface area (Å²) in [6.07, 6.45) is 2.46. The first kappa shape index (κ1) is 27.5. The highest BCUT2D eigenvalue weighted by molar-refractivity contribution is 6.22. The summed E-state index contributed by atoms with van der Waals surface area (Å²) in [6.45, 7) is 5.63. The molecule has 2 amide bonds. The van der Waals surface area contributed by atoms with E-state index >= 15 is 0 Å². The zero-order chi connectivity index (χ0) is 29.5. The second-order valence-corrected chi connectivity index (χ2v) is 11.6. The molecule has 3 aromatic carbocycles. The number of nitrogens with zero attached hydrogens (tertiary/aromatic N) is 2. The fraction of sp³-hybridized carbons (Fsp3) is 0.286. The molecule has 7 heteroatoms. The number of carbonyl (C=O) groups is 4. The van der Waals surface area contributed by atoms with Gasteiger partial charge in [-0.25, -0.2) is 9.78 Å². The Morgan fingerprint density at radius 3 is 2.29 bits per heavy atom. The van der Waals surface area contributed by atoms with E-state index in [0.29, 0.717) is 39.3 Å². The van der Waals surface area contributed by atoms with Crippen LogP contribution in [0.25, 0.3) is 22.2 Å². The van der Waals surface area contributed by atoms with E-state index in [0.717, 1.165) is 36.0 Å². The van der Waals surface area contributed by atoms with Crippen molar-refractivity contribution in [3.8, 4) is 11.3 Å².